The molecule has 0 bridgehead atoms. The summed E-state index contributed by atoms with van der Waals surface area (Å²) in [5.74, 6) is -4.49. The highest BCUT2D eigenvalue weighted by atomic mass is 19.3. The molecule has 4 nitrogen and oxygen atoms in total. The number of aliphatic hydroxyl groups is 1. The van der Waals surface area contributed by atoms with Crippen LogP contribution in [-0.2, 0) is 15.1 Å². The Morgan fingerprint density at radius 3 is 2.37 bits per heavy atom. The number of carbonyl (C=O) groups is 1. The van der Waals surface area contributed by atoms with Gasteiger partial charge in [-0.15, -0.1) is 0 Å². The molecule has 0 aliphatic heterocycles. The van der Waals surface area contributed by atoms with E-state index in [1.165, 1.54) is 0 Å². The van der Waals surface area contributed by atoms with Gasteiger partial charge < -0.3 is 14.3 Å². The van der Waals surface area contributed by atoms with E-state index in [0.29, 0.717) is 11.6 Å². The van der Waals surface area contributed by atoms with Crippen LogP contribution >= 0.6 is 0 Å². The van der Waals surface area contributed by atoms with Crippen LogP contribution in [0.5, 0.6) is 0 Å². The predicted octanol–water partition coefficient (Wildman–Crippen LogP) is 3.48. The van der Waals surface area contributed by atoms with Gasteiger partial charge in [-0.3, -0.25) is 0 Å². The molecule has 2 fully saturated rings. The average molecular weight is 382 g/mol. The molecule has 0 saturated heterocycles. The topological polar surface area (TPSA) is 46.5 Å². The van der Waals surface area contributed by atoms with Crippen molar-refractivity contribution in [2.45, 2.75) is 62.2 Å². The molecule has 0 amide bonds. The first kappa shape index (κ1) is 20.2. The monoisotopic (exact) mass is 382 g/mol. The number of ether oxygens (including phenoxy) is 1. The number of halogens is 2. The molecule has 0 spiro atoms. The highest BCUT2D eigenvalue weighted by Gasteiger charge is 2.55. The number of nitrogens with zero attached hydrogens (tertiary/aromatic N) is 1. The first-order valence-corrected chi connectivity index (χ1v) is 9.70. The molecule has 2 saturated carbocycles. The van der Waals surface area contributed by atoms with Crippen molar-refractivity contribution in [1.82, 2.24) is 0 Å². The van der Waals surface area contributed by atoms with E-state index in [0.717, 1.165) is 23.7 Å². The standard InChI is InChI=1S/C21H30F2NO3/c1-24(2,3)17-9-10-18(13-17)27-19(25)21(26,15-7-5-4-6-8-15)16-11-12-20(22,23)14-16/h4-8,16-18,26H,9-14H2,1-3H3/q+1/t16-,17?,18-,21+/m1/s1. The Balaban J connectivity index is 1.80. The van der Waals surface area contributed by atoms with Crippen molar-refractivity contribution in [2.75, 3.05) is 21.1 Å². The second kappa shape index (κ2) is 7.13. The lowest BCUT2D eigenvalue weighted by molar-refractivity contribution is -0.895. The van der Waals surface area contributed by atoms with Gasteiger partial charge in [-0.05, 0) is 18.4 Å². The molecule has 3 rings (SSSR count). The van der Waals surface area contributed by atoms with Gasteiger partial charge in [0.25, 0.3) is 0 Å². The van der Waals surface area contributed by atoms with E-state index < -0.39 is 29.8 Å². The Hall–Kier alpha value is -1.53. The van der Waals surface area contributed by atoms with Gasteiger partial charge in [-0.2, -0.15) is 0 Å². The van der Waals surface area contributed by atoms with Crippen LogP contribution in [0.2, 0.25) is 0 Å². The van der Waals surface area contributed by atoms with Gasteiger partial charge in [0.15, 0.2) is 5.60 Å². The Bertz CT molecular complexity index is 674. The SMILES string of the molecule is C[N+](C)(C)C1CC[C@@H](OC(=O)[C@](O)(c2ccccc2)[C@@H]2CCC(F)(F)C2)C1. The van der Waals surface area contributed by atoms with Crippen molar-refractivity contribution in [3.8, 4) is 0 Å². The van der Waals surface area contributed by atoms with Crippen LogP contribution in [0.15, 0.2) is 30.3 Å². The quantitative estimate of drug-likeness (QED) is 0.627. The maximum atomic E-state index is 13.8. The van der Waals surface area contributed by atoms with Crippen LogP contribution in [-0.4, -0.2) is 54.8 Å². The van der Waals surface area contributed by atoms with Crippen LogP contribution in [0, 0.1) is 5.92 Å². The van der Waals surface area contributed by atoms with Crippen molar-refractivity contribution < 1.29 is 27.9 Å². The molecule has 1 aromatic rings. The minimum Gasteiger partial charge on any atom is -0.460 e. The molecule has 1 N–H and O–H groups in total. The fourth-order valence-electron chi connectivity index (χ4n) is 4.49. The lowest BCUT2D eigenvalue weighted by Gasteiger charge is -2.34. The van der Waals surface area contributed by atoms with Crippen molar-refractivity contribution in [1.29, 1.82) is 0 Å². The Morgan fingerprint density at radius 1 is 1.19 bits per heavy atom. The highest BCUT2D eigenvalue weighted by molar-refractivity contribution is 5.82. The molecular formula is C21H30F2NO3+. The summed E-state index contributed by atoms with van der Waals surface area (Å²) in [5.41, 5.74) is -1.70. The summed E-state index contributed by atoms with van der Waals surface area (Å²) in [6.07, 6.45) is 1.40. The lowest BCUT2D eigenvalue weighted by Crippen LogP contribution is -2.46. The van der Waals surface area contributed by atoms with E-state index in [9.17, 15) is 18.7 Å². The number of esters is 1. The van der Waals surface area contributed by atoms with Gasteiger partial charge in [0, 0.05) is 31.6 Å². The number of hydrogen-bond acceptors (Lipinski definition) is 3. The number of alkyl halides is 2. The predicted molar refractivity (Wildman–Crippen MR) is 98.2 cm³/mol. The van der Waals surface area contributed by atoms with Gasteiger partial charge >= 0.3 is 5.97 Å². The maximum absolute atomic E-state index is 13.8. The summed E-state index contributed by atoms with van der Waals surface area (Å²) in [4.78, 5) is 13.1. The van der Waals surface area contributed by atoms with E-state index in [1.54, 1.807) is 30.3 Å². The van der Waals surface area contributed by atoms with Crippen LogP contribution in [0.25, 0.3) is 0 Å². The van der Waals surface area contributed by atoms with Crippen molar-refractivity contribution in [2.24, 2.45) is 5.92 Å². The van der Waals surface area contributed by atoms with Crippen molar-refractivity contribution in [3.63, 3.8) is 0 Å². The van der Waals surface area contributed by atoms with E-state index in [2.05, 4.69) is 21.1 Å². The Morgan fingerprint density at radius 2 is 1.85 bits per heavy atom. The minimum absolute atomic E-state index is 0.0969. The first-order chi connectivity index (χ1) is 12.5. The summed E-state index contributed by atoms with van der Waals surface area (Å²) in [7, 11) is 6.32. The van der Waals surface area contributed by atoms with Crippen molar-refractivity contribution >= 4 is 5.97 Å². The zero-order valence-corrected chi connectivity index (χ0v) is 16.3. The summed E-state index contributed by atoms with van der Waals surface area (Å²) < 4.78 is 34.1. The molecule has 6 heteroatoms. The number of hydrogen-bond donors (Lipinski definition) is 1. The van der Waals surface area contributed by atoms with Gasteiger partial charge in [0.05, 0.1) is 27.2 Å². The van der Waals surface area contributed by atoms with Crippen LogP contribution in [0.1, 0.15) is 44.1 Å². The zero-order chi connectivity index (χ0) is 19.9. The lowest BCUT2D eigenvalue weighted by atomic mass is 9.80. The smallest absolute Gasteiger partial charge is 0.343 e. The highest BCUT2D eigenvalue weighted by Crippen LogP contribution is 2.48. The van der Waals surface area contributed by atoms with E-state index in [1.807, 2.05) is 0 Å². The summed E-state index contributed by atoms with van der Waals surface area (Å²) in [5, 5.41) is 11.4. The fraction of sp³-hybridized carbons (Fsp3) is 0.667. The molecular weight excluding hydrogens is 352 g/mol. The minimum atomic E-state index is -2.85. The zero-order valence-electron chi connectivity index (χ0n) is 16.3. The van der Waals surface area contributed by atoms with Crippen molar-refractivity contribution in [3.05, 3.63) is 35.9 Å². The summed E-state index contributed by atoms with van der Waals surface area (Å²) in [6, 6.07) is 8.76. The second-order valence-electron chi connectivity index (χ2n) is 9.04. The second-order valence-corrected chi connectivity index (χ2v) is 9.04. The molecule has 0 radical (unpaired) electrons. The van der Waals surface area contributed by atoms with E-state index in [4.69, 9.17) is 4.74 Å². The molecule has 1 aromatic carbocycles. The third kappa shape index (κ3) is 4.16. The number of rotatable bonds is 5. The van der Waals surface area contributed by atoms with Crippen LogP contribution in [0.4, 0.5) is 8.78 Å². The van der Waals surface area contributed by atoms with E-state index in [-0.39, 0.29) is 18.9 Å². The molecule has 4 atom stereocenters. The molecule has 150 valence electrons. The third-order valence-corrected chi connectivity index (χ3v) is 6.25. The van der Waals surface area contributed by atoms with Gasteiger partial charge in [-0.25, -0.2) is 13.6 Å². The van der Waals surface area contributed by atoms with Gasteiger partial charge in [0.1, 0.15) is 6.10 Å². The Labute approximate surface area is 159 Å². The fourth-order valence-corrected chi connectivity index (χ4v) is 4.49. The first-order valence-electron chi connectivity index (χ1n) is 9.70. The van der Waals surface area contributed by atoms with Crippen LogP contribution < -0.4 is 0 Å². The molecule has 0 heterocycles. The molecule has 1 unspecified atom stereocenters. The number of carbonyl (C=O) groups excluding carboxylic acids is 1. The molecule has 2 aliphatic rings. The largest absolute Gasteiger partial charge is 0.460 e. The van der Waals surface area contributed by atoms with Gasteiger partial charge in [-0.1, -0.05) is 30.3 Å². The normalized spacial score (nSPS) is 30.1. The summed E-state index contributed by atoms with van der Waals surface area (Å²) >= 11 is 0. The number of benzene rings is 1. The maximum Gasteiger partial charge on any atom is 0.343 e. The number of quaternary nitrogens is 1. The molecule has 0 aromatic heterocycles. The molecule has 27 heavy (non-hydrogen) atoms. The molecule has 2 aliphatic carbocycles. The van der Waals surface area contributed by atoms with Gasteiger partial charge in [0.2, 0.25) is 5.92 Å². The third-order valence-electron chi connectivity index (χ3n) is 6.25. The average Bonchev–Trinajstić information content (AvgIpc) is 3.21. The summed E-state index contributed by atoms with van der Waals surface area (Å²) in [6.45, 7) is 0. The van der Waals surface area contributed by atoms with E-state index >= 15 is 0 Å². The Kier molecular flexibility index (Phi) is 5.34. The van der Waals surface area contributed by atoms with Crippen LogP contribution in [0.3, 0.4) is 0 Å².